The van der Waals surface area contributed by atoms with Crippen molar-refractivity contribution in [2.24, 2.45) is 0 Å². The molecule has 0 amide bonds. The van der Waals surface area contributed by atoms with Gasteiger partial charge in [-0.3, -0.25) is 0 Å². The van der Waals surface area contributed by atoms with Gasteiger partial charge >= 0.3 is 88.7 Å². The molecule has 0 fully saturated rings. The van der Waals surface area contributed by atoms with Crippen LogP contribution in [0.4, 0.5) is 0 Å². The molecule has 48 valence electrons. The largest absolute Gasteiger partial charge is 1.00 e. The van der Waals surface area contributed by atoms with Crippen LogP contribution in [0.1, 0.15) is 0 Å². The molecule has 2 rings (SSSR count). The molecule has 0 radical (unpaired) electrons. The van der Waals surface area contributed by atoms with Crippen molar-refractivity contribution >= 4 is 10.8 Å². The third kappa shape index (κ3) is 4.83. The first-order valence-electron chi connectivity index (χ1n) is 3.40. The summed E-state index contributed by atoms with van der Waals surface area (Å²) >= 11 is 0. The van der Waals surface area contributed by atoms with Gasteiger partial charge < -0.3 is 0 Å². The molecule has 2 aromatic rings. The van der Waals surface area contributed by atoms with E-state index < -0.39 is 0 Å². The van der Waals surface area contributed by atoms with Crippen LogP contribution in [0.25, 0.3) is 10.8 Å². The van der Waals surface area contributed by atoms with Crippen molar-refractivity contribution in [2.75, 3.05) is 0 Å². The molecule has 0 spiro atoms. The standard InChI is InChI=1S/C10H8.3Na/c1-2-6-10-8-4-3-7-9(10)5-1;;;/h1-8H;;;/q;3*+1. The van der Waals surface area contributed by atoms with E-state index in [0.717, 1.165) is 0 Å². The van der Waals surface area contributed by atoms with Gasteiger partial charge in [0.15, 0.2) is 0 Å². The zero-order valence-corrected chi connectivity index (χ0v) is 14.6. The first-order valence-corrected chi connectivity index (χ1v) is 3.40. The van der Waals surface area contributed by atoms with Gasteiger partial charge in [0, 0.05) is 0 Å². The van der Waals surface area contributed by atoms with Crippen LogP contribution in [-0.4, -0.2) is 0 Å². The smallest absolute Gasteiger partial charge is 0.0616 e. The van der Waals surface area contributed by atoms with E-state index in [1.54, 1.807) is 0 Å². The van der Waals surface area contributed by atoms with E-state index in [9.17, 15) is 0 Å². The van der Waals surface area contributed by atoms with Crippen LogP contribution in [0.15, 0.2) is 48.5 Å². The molecule has 0 nitrogen and oxygen atoms in total. The minimum atomic E-state index is 0. The maximum absolute atomic E-state index is 2.12. The number of benzene rings is 2. The van der Waals surface area contributed by atoms with E-state index in [1.165, 1.54) is 10.8 Å². The van der Waals surface area contributed by atoms with Crippen molar-refractivity contribution in [3.05, 3.63) is 48.5 Å². The normalized spacial score (nSPS) is 7.69. The Morgan fingerprint density at radius 3 is 0.923 bits per heavy atom. The molecule has 0 atom stereocenters. The van der Waals surface area contributed by atoms with Crippen LogP contribution >= 0.6 is 0 Å². The molecule has 0 aromatic heterocycles. The third-order valence-corrected chi connectivity index (χ3v) is 1.66. The van der Waals surface area contributed by atoms with E-state index in [2.05, 4.69) is 48.5 Å². The van der Waals surface area contributed by atoms with Gasteiger partial charge in [-0.2, -0.15) is 0 Å². The Balaban J connectivity index is 0. The zero-order chi connectivity index (χ0) is 6.81. The van der Waals surface area contributed by atoms with E-state index in [0.29, 0.717) is 0 Å². The van der Waals surface area contributed by atoms with Crippen LogP contribution in [0, 0.1) is 0 Å². The molecule has 0 saturated heterocycles. The van der Waals surface area contributed by atoms with E-state index in [-0.39, 0.29) is 88.7 Å². The van der Waals surface area contributed by atoms with Crippen LogP contribution < -0.4 is 88.7 Å². The van der Waals surface area contributed by atoms with Gasteiger partial charge in [-0.15, -0.1) is 0 Å². The molecule has 0 aliphatic carbocycles. The summed E-state index contributed by atoms with van der Waals surface area (Å²) in [6.07, 6.45) is 0. The molecule has 3 heteroatoms. The maximum Gasteiger partial charge on any atom is 1.00 e. The molecule has 0 heterocycles. The Bertz CT molecular complexity index is 281. The Morgan fingerprint density at radius 1 is 0.462 bits per heavy atom. The van der Waals surface area contributed by atoms with Gasteiger partial charge in [0.05, 0.1) is 0 Å². The van der Waals surface area contributed by atoms with E-state index >= 15 is 0 Å². The predicted molar refractivity (Wildman–Crippen MR) is 43.9 cm³/mol. The maximum atomic E-state index is 2.12. The molecule has 0 N–H and O–H groups in total. The third-order valence-electron chi connectivity index (χ3n) is 1.66. The molecule has 0 saturated carbocycles. The molecule has 0 unspecified atom stereocenters. The van der Waals surface area contributed by atoms with Crippen LogP contribution in [0.5, 0.6) is 0 Å². The second-order valence-electron chi connectivity index (χ2n) is 2.35. The van der Waals surface area contributed by atoms with Crippen LogP contribution in [-0.2, 0) is 0 Å². The van der Waals surface area contributed by atoms with Gasteiger partial charge in [-0.05, 0) is 10.8 Å². The van der Waals surface area contributed by atoms with Crippen molar-refractivity contribution in [2.45, 2.75) is 0 Å². The van der Waals surface area contributed by atoms with E-state index in [1.807, 2.05) is 0 Å². The Labute approximate surface area is 145 Å². The van der Waals surface area contributed by atoms with Gasteiger partial charge in [0.1, 0.15) is 0 Å². The molecular formula is C10H8Na3+3. The minimum Gasteiger partial charge on any atom is -0.0616 e. The van der Waals surface area contributed by atoms with Crippen molar-refractivity contribution in [3.63, 3.8) is 0 Å². The molecule has 0 bridgehead atoms. The summed E-state index contributed by atoms with van der Waals surface area (Å²) in [5, 5.41) is 2.62. The topological polar surface area (TPSA) is 0 Å². The Kier molecular flexibility index (Phi) is 11.8. The first kappa shape index (κ1) is 17.1. The second kappa shape index (κ2) is 8.96. The summed E-state index contributed by atoms with van der Waals surface area (Å²) in [4.78, 5) is 0. The molecular weight excluding hydrogens is 189 g/mol. The number of hydrogen-bond donors (Lipinski definition) is 0. The quantitative estimate of drug-likeness (QED) is 0.369. The fourth-order valence-electron chi connectivity index (χ4n) is 1.13. The van der Waals surface area contributed by atoms with Crippen molar-refractivity contribution < 1.29 is 88.7 Å². The fraction of sp³-hybridized carbons (Fsp3) is 0. The van der Waals surface area contributed by atoms with Gasteiger partial charge in [0.2, 0.25) is 0 Å². The van der Waals surface area contributed by atoms with Gasteiger partial charge in [-0.25, -0.2) is 0 Å². The average molecular weight is 197 g/mol. The SMILES string of the molecule is [Na+].[Na+].[Na+].c1ccc2ccccc2c1. The number of rotatable bonds is 0. The van der Waals surface area contributed by atoms with E-state index in [4.69, 9.17) is 0 Å². The summed E-state index contributed by atoms with van der Waals surface area (Å²) < 4.78 is 0. The molecule has 0 aliphatic rings. The number of hydrogen-bond acceptors (Lipinski definition) is 0. The summed E-state index contributed by atoms with van der Waals surface area (Å²) in [5.74, 6) is 0. The molecule has 13 heavy (non-hydrogen) atoms. The van der Waals surface area contributed by atoms with Crippen LogP contribution in [0.3, 0.4) is 0 Å². The van der Waals surface area contributed by atoms with Gasteiger partial charge in [-0.1, -0.05) is 48.5 Å². The predicted octanol–water partition coefficient (Wildman–Crippen LogP) is -6.15. The van der Waals surface area contributed by atoms with Gasteiger partial charge in [0.25, 0.3) is 0 Å². The second-order valence-corrected chi connectivity index (χ2v) is 2.35. The van der Waals surface area contributed by atoms with Crippen molar-refractivity contribution in [1.82, 2.24) is 0 Å². The Morgan fingerprint density at radius 2 is 0.692 bits per heavy atom. The fourth-order valence-corrected chi connectivity index (χ4v) is 1.13. The van der Waals surface area contributed by atoms with Crippen molar-refractivity contribution in [3.8, 4) is 0 Å². The summed E-state index contributed by atoms with van der Waals surface area (Å²) in [5.41, 5.74) is 0. The monoisotopic (exact) mass is 197 g/mol. The van der Waals surface area contributed by atoms with Crippen molar-refractivity contribution in [1.29, 1.82) is 0 Å². The number of fused-ring (bicyclic) bond motifs is 1. The molecule has 2 aromatic carbocycles. The summed E-state index contributed by atoms with van der Waals surface area (Å²) in [7, 11) is 0. The molecule has 0 aliphatic heterocycles. The minimum absolute atomic E-state index is 0. The summed E-state index contributed by atoms with van der Waals surface area (Å²) in [6.45, 7) is 0. The average Bonchev–Trinajstić information content (AvgIpc) is 2.05. The first-order chi connectivity index (χ1) is 4.97. The zero-order valence-electron chi connectivity index (χ0n) is 8.62. The van der Waals surface area contributed by atoms with Crippen LogP contribution in [0.2, 0.25) is 0 Å². The Hall–Kier alpha value is 1.70. The summed E-state index contributed by atoms with van der Waals surface area (Å²) in [6, 6.07) is 16.7.